The molecule has 2 aromatic heterocycles. The largest absolute Gasteiger partial charge is 0.347 e. The van der Waals surface area contributed by atoms with E-state index < -0.39 is 0 Å². The second kappa shape index (κ2) is 7.28. The van der Waals surface area contributed by atoms with Gasteiger partial charge in [0.2, 0.25) is 0 Å². The predicted octanol–water partition coefficient (Wildman–Crippen LogP) is 3.32. The molecular weight excluding hydrogens is 346 g/mol. The molecule has 0 saturated carbocycles. The van der Waals surface area contributed by atoms with Gasteiger partial charge in [-0.15, -0.1) is 5.10 Å². The van der Waals surface area contributed by atoms with Gasteiger partial charge in [-0.2, -0.15) is 5.10 Å². The minimum absolute atomic E-state index is 0.188. The lowest BCUT2D eigenvalue weighted by Crippen LogP contribution is -2.21. The topological polar surface area (TPSA) is 72.7 Å². The van der Waals surface area contributed by atoms with Crippen molar-refractivity contribution in [3.05, 3.63) is 83.5 Å². The van der Waals surface area contributed by atoms with Crippen LogP contribution in [-0.2, 0) is 6.54 Å². The van der Waals surface area contributed by atoms with Crippen molar-refractivity contribution >= 4 is 17.4 Å². The van der Waals surface area contributed by atoms with Gasteiger partial charge in [-0.25, -0.2) is 4.68 Å². The number of hydrogen-bond acceptors (Lipinski definition) is 5. The highest BCUT2D eigenvalue weighted by molar-refractivity contribution is 7.07. The third-order valence-corrected chi connectivity index (χ3v) is 4.55. The Bertz CT molecular complexity index is 997. The fourth-order valence-electron chi connectivity index (χ4n) is 2.62. The number of carbonyl (C=O) groups excluding carboxylic acids is 1. The second-order valence-electron chi connectivity index (χ2n) is 5.61. The summed E-state index contributed by atoms with van der Waals surface area (Å²) < 4.78 is 5.55. The number of nitrogens with zero attached hydrogens (tertiary/aromatic N) is 4. The molecule has 26 heavy (non-hydrogen) atoms. The predicted molar refractivity (Wildman–Crippen MR) is 100 cm³/mol. The quantitative estimate of drug-likeness (QED) is 0.592. The number of aromatic nitrogens is 4. The lowest BCUT2D eigenvalue weighted by Gasteiger charge is -2.04. The first-order chi connectivity index (χ1) is 12.8. The van der Waals surface area contributed by atoms with Gasteiger partial charge in [-0.05, 0) is 23.7 Å². The van der Waals surface area contributed by atoms with Crippen LogP contribution in [0.2, 0.25) is 0 Å². The first-order valence-corrected chi connectivity index (χ1v) is 8.83. The Morgan fingerprint density at radius 2 is 1.77 bits per heavy atom. The Hall–Kier alpha value is -3.32. The van der Waals surface area contributed by atoms with Gasteiger partial charge in [0.1, 0.15) is 4.88 Å². The number of benzene rings is 2. The van der Waals surface area contributed by atoms with Crippen molar-refractivity contribution < 1.29 is 4.79 Å². The molecule has 0 saturated heterocycles. The van der Waals surface area contributed by atoms with E-state index in [9.17, 15) is 4.79 Å². The number of nitrogens with one attached hydrogen (secondary N) is 1. The third kappa shape index (κ3) is 3.38. The third-order valence-electron chi connectivity index (χ3n) is 3.88. The molecule has 0 radical (unpaired) electrons. The van der Waals surface area contributed by atoms with Gasteiger partial charge in [0, 0.05) is 23.9 Å². The maximum absolute atomic E-state index is 12.2. The Kier molecular flexibility index (Phi) is 4.53. The Morgan fingerprint density at radius 1 is 1.04 bits per heavy atom. The molecule has 0 fully saturated rings. The first-order valence-electron chi connectivity index (χ1n) is 8.06. The first kappa shape index (κ1) is 16.2. The van der Waals surface area contributed by atoms with E-state index in [1.165, 1.54) is 6.20 Å². The molecule has 7 heteroatoms. The number of hydrogen-bond donors (Lipinski definition) is 1. The molecule has 1 amide bonds. The van der Waals surface area contributed by atoms with Crippen LogP contribution in [0, 0.1) is 0 Å². The van der Waals surface area contributed by atoms with E-state index in [-0.39, 0.29) is 5.91 Å². The summed E-state index contributed by atoms with van der Waals surface area (Å²) in [6, 6.07) is 19.8. The molecule has 4 aromatic rings. The van der Waals surface area contributed by atoms with Gasteiger partial charge in [0.15, 0.2) is 0 Å². The molecule has 2 heterocycles. The van der Waals surface area contributed by atoms with Crippen molar-refractivity contribution in [2.75, 3.05) is 0 Å². The molecule has 0 bridgehead atoms. The van der Waals surface area contributed by atoms with Crippen LogP contribution in [-0.4, -0.2) is 25.3 Å². The standard InChI is InChI=1S/C19H15N5OS/c25-19(17-12-21-23-26-17)20-11-15-13-24(16-9-5-2-6-10-16)22-18(15)14-7-3-1-4-8-14/h1-10,12-13H,11H2,(H,20,25). The molecule has 0 spiro atoms. The Labute approximate surface area is 154 Å². The van der Waals surface area contributed by atoms with E-state index in [0.717, 1.165) is 34.0 Å². The van der Waals surface area contributed by atoms with E-state index in [0.29, 0.717) is 11.4 Å². The number of para-hydroxylation sites is 1. The van der Waals surface area contributed by atoms with Crippen molar-refractivity contribution in [3.63, 3.8) is 0 Å². The molecule has 0 aliphatic carbocycles. The fraction of sp³-hybridized carbons (Fsp3) is 0.0526. The van der Waals surface area contributed by atoms with E-state index in [4.69, 9.17) is 5.10 Å². The summed E-state index contributed by atoms with van der Waals surface area (Å²) in [7, 11) is 0. The summed E-state index contributed by atoms with van der Waals surface area (Å²) in [6.07, 6.45) is 3.41. The molecule has 0 unspecified atom stereocenters. The van der Waals surface area contributed by atoms with Crippen molar-refractivity contribution in [1.82, 2.24) is 24.7 Å². The number of rotatable bonds is 5. The maximum Gasteiger partial charge on any atom is 0.264 e. The van der Waals surface area contributed by atoms with Crippen molar-refractivity contribution in [2.45, 2.75) is 6.54 Å². The fourth-order valence-corrected chi connectivity index (χ4v) is 3.05. The highest BCUT2D eigenvalue weighted by Gasteiger charge is 2.14. The normalized spacial score (nSPS) is 10.6. The van der Waals surface area contributed by atoms with E-state index in [1.807, 2.05) is 71.5 Å². The number of carbonyl (C=O) groups is 1. The summed E-state index contributed by atoms with van der Waals surface area (Å²) in [5, 5.41) is 11.3. The van der Waals surface area contributed by atoms with E-state index in [2.05, 4.69) is 14.9 Å². The zero-order valence-electron chi connectivity index (χ0n) is 13.7. The Morgan fingerprint density at radius 3 is 2.46 bits per heavy atom. The minimum Gasteiger partial charge on any atom is -0.347 e. The van der Waals surface area contributed by atoms with Crippen LogP contribution in [0.25, 0.3) is 16.9 Å². The van der Waals surface area contributed by atoms with Gasteiger partial charge in [-0.3, -0.25) is 4.79 Å². The van der Waals surface area contributed by atoms with Crippen molar-refractivity contribution in [3.8, 4) is 16.9 Å². The molecule has 0 atom stereocenters. The summed E-state index contributed by atoms with van der Waals surface area (Å²) in [5.41, 5.74) is 3.75. The van der Waals surface area contributed by atoms with Gasteiger partial charge in [0.05, 0.1) is 17.6 Å². The lowest BCUT2D eigenvalue weighted by atomic mass is 10.1. The Balaban J connectivity index is 1.65. The monoisotopic (exact) mass is 361 g/mol. The summed E-state index contributed by atoms with van der Waals surface area (Å²) in [6.45, 7) is 0.369. The molecule has 2 aromatic carbocycles. The minimum atomic E-state index is -0.188. The maximum atomic E-state index is 12.2. The zero-order chi connectivity index (χ0) is 17.8. The molecular formula is C19H15N5OS. The van der Waals surface area contributed by atoms with E-state index in [1.54, 1.807) is 0 Å². The van der Waals surface area contributed by atoms with Crippen LogP contribution in [0.5, 0.6) is 0 Å². The molecule has 4 rings (SSSR count). The molecule has 6 nitrogen and oxygen atoms in total. The van der Waals surface area contributed by atoms with Gasteiger partial charge >= 0.3 is 0 Å². The van der Waals surface area contributed by atoms with E-state index >= 15 is 0 Å². The lowest BCUT2D eigenvalue weighted by molar-refractivity contribution is 0.0955. The SMILES string of the molecule is O=C(NCc1cn(-c2ccccc2)nc1-c1ccccc1)c1cnns1. The van der Waals surface area contributed by atoms with Gasteiger partial charge in [-0.1, -0.05) is 53.0 Å². The highest BCUT2D eigenvalue weighted by Crippen LogP contribution is 2.23. The van der Waals surface area contributed by atoms with Crippen molar-refractivity contribution in [2.24, 2.45) is 0 Å². The van der Waals surface area contributed by atoms with Crippen molar-refractivity contribution in [1.29, 1.82) is 0 Å². The molecule has 128 valence electrons. The number of amides is 1. The van der Waals surface area contributed by atoms with Crippen LogP contribution in [0.4, 0.5) is 0 Å². The summed E-state index contributed by atoms with van der Waals surface area (Å²) >= 11 is 1.07. The highest BCUT2D eigenvalue weighted by atomic mass is 32.1. The van der Waals surface area contributed by atoms with Crippen LogP contribution in [0.1, 0.15) is 15.2 Å². The molecule has 0 aliphatic heterocycles. The smallest absolute Gasteiger partial charge is 0.264 e. The van der Waals surface area contributed by atoms with Gasteiger partial charge in [0.25, 0.3) is 5.91 Å². The summed E-state index contributed by atoms with van der Waals surface area (Å²) in [4.78, 5) is 12.7. The van der Waals surface area contributed by atoms with Crippen LogP contribution in [0.15, 0.2) is 73.1 Å². The second-order valence-corrected chi connectivity index (χ2v) is 6.40. The summed E-state index contributed by atoms with van der Waals surface area (Å²) in [5.74, 6) is -0.188. The average Bonchev–Trinajstić information content (AvgIpc) is 3.38. The van der Waals surface area contributed by atoms with Crippen LogP contribution >= 0.6 is 11.5 Å². The zero-order valence-corrected chi connectivity index (χ0v) is 14.6. The van der Waals surface area contributed by atoms with Crippen LogP contribution in [0.3, 0.4) is 0 Å². The van der Waals surface area contributed by atoms with Crippen LogP contribution < -0.4 is 5.32 Å². The van der Waals surface area contributed by atoms with Gasteiger partial charge < -0.3 is 5.32 Å². The average molecular weight is 361 g/mol. The molecule has 0 aliphatic rings. The molecule has 1 N–H and O–H groups in total.